The standard InChI is InChI=1S/C16H12F3IO2S/c1-2-22-15(21)10-3-6-12(7-4-10)23-14-8-5-11(20)9-13(14)16(17,18)19/h3-9H,2H2,1H3. The molecule has 0 fully saturated rings. The van der Waals surface area contributed by atoms with Gasteiger partial charge in [0.15, 0.2) is 0 Å². The van der Waals surface area contributed by atoms with Gasteiger partial charge in [-0.1, -0.05) is 11.8 Å². The lowest BCUT2D eigenvalue weighted by atomic mass is 10.2. The van der Waals surface area contributed by atoms with Gasteiger partial charge in [0.2, 0.25) is 0 Å². The van der Waals surface area contributed by atoms with Crippen molar-refractivity contribution < 1.29 is 22.7 Å². The fraction of sp³-hybridized carbons (Fsp3) is 0.188. The Balaban J connectivity index is 2.25. The molecule has 0 aliphatic rings. The molecule has 0 aromatic heterocycles. The summed E-state index contributed by atoms with van der Waals surface area (Å²) < 4.78 is 44.7. The number of benzene rings is 2. The van der Waals surface area contributed by atoms with Crippen LogP contribution in [0.1, 0.15) is 22.8 Å². The van der Waals surface area contributed by atoms with Gasteiger partial charge in [-0.25, -0.2) is 4.79 Å². The van der Waals surface area contributed by atoms with Crippen molar-refractivity contribution in [1.29, 1.82) is 0 Å². The molecule has 0 bridgehead atoms. The van der Waals surface area contributed by atoms with E-state index in [1.165, 1.54) is 6.07 Å². The molecule has 0 heterocycles. The lowest BCUT2D eigenvalue weighted by Gasteiger charge is -2.13. The average molecular weight is 452 g/mol. The molecule has 0 unspecified atom stereocenters. The zero-order valence-corrected chi connectivity index (χ0v) is 15.0. The van der Waals surface area contributed by atoms with Crippen LogP contribution in [0.3, 0.4) is 0 Å². The molecule has 0 atom stereocenters. The van der Waals surface area contributed by atoms with Crippen LogP contribution in [0, 0.1) is 3.57 Å². The molecule has 2 aromatic rings. The van der Waals surface area contributed by atoms with Crippen LogP contribution < -0.4 is 0 Å². The van der Waals surface area contributed by atoms with E-state index in [0.29, 0.717) is 14.0 Å². The fourth-order valence-corrected chi connectivity index (χ4v) is 3.25. The van der Waals surface area contributed by atoms with E-state index in [1.54, 1.807) is 37.3 Å². The first-order valence-electron chi connectivity index (χ1n) is 6.63. The topological polar surface area (TPSA) is 26.3 Å². The molecule has 0 spiro atoms. The summed E-state index contributed by atoms with van der Waals surface area (Å²) in [5, 5.41) is 0. The minimum Gasteiger partial charge on any atom is -0.462 e. The molecule has 0 radical (unpaired) electrons. The van der Waals surface area contributed by atoms with Gasteiger partial charge < -0.3 is 4.74 Å². The number of ether oxygens (including phenoxy) is 1. The first-order chi connectivity index (χ1) is 10.8. The Hall–Kier alpha value is -1.22. The fourth-order valence-electron chi connectivity index (χ4n) is 1.81. The number of halogens is 4. The van der Waals surface area contributed by atoms with E-state index >= 15 is 0 Å². The number of rotatable bonds is 4. The van der Waals surface area contributed by atoms with E-state index < -0.39 is 17.7 Å². The van der Waals surface area contributed by atoms with Crippen LogP contribution in [-0.2, 0) is 10.9 Å². The van der Waals surface area contributed by atoms with Crippen molar-refractivity contribution in [3.63, 3.8) is 0 Å². The highest BCUT2D eigenvalue weighted by atomic mass is 127. The summed E-state index contributed by atoms with van der Waals surface area (Å²) in [6.45, 7) is 1.98. The molecule has 0 aliphatic carbocycles. The minimum atomic E-state index is -4.41. The normalized spacial score (nSPS) is 11.3. The number of alkyl halides is 3. The van der Waals surface area contributed by atoms with Crippen molar-refractivity contribution in [1.82, 2.24) is 0 Å². The second kappa shape index (κ2) is 7.57. The lowest BCUT2D eigenvalue weighted by Crippen LogP contribution is -2.07. The molecule has 2 nitrogen and oxygen atoms in total. The SMILES string of the molecule is CCOC(=O)c1ccc(Sc2ccc(I)cc2C(F)(F)F)cc1. The van der Waals surface area contributed by atoms with Gasteiger partial charge in [-0.2, -0.15) is 13.2 Å². The van der Waals surface area contributed by atoms with Crippen LogP contribution in [0.5, 0.6) is 0 Å². The predicted octanol–water partition coefficient (Wildman–Crippen LogP) is 5.64. The Morgan fingerprint density at radius 2 is 1.83 bits per heavy atom. The first-order valence-corrected chi connectivity index (χ1v) is 8.52. The highest BCUT2D eigenvalue weighted by molar-refractivity contribution is 14.1. The van der Waals surface area contributed by atoms with E-state index in [9.17, 15) is 18.0 Å². The van der Waals surface area contributed by atoms with Gasteiger partial charge in [0.25, 0.3) is 0 Å². The third kappa shape index (κ3) is 4.87. The molecule has 23 heavy (non-hydrogen) atoms. The zero-order valence-electron chi connectivity index (χ0n) is 12.0. The molecule has 2 rings (SSSR count). The van der Waals surface area contributed by atoms with Gasteiger partial charge in [0.1, 0.15) is 0 Å². The molecule has 0 aliphatic heterocycles. The highest BCUT2D eigenvalue weighted by Crippen LogP contribution is 2.40. The summed E-state index contributed by atoms with van der Waals surface area (Å²) >= 11 is 2.86. The molecule has 7 heteroatoms. The Morgan fingerprint density at radius 3 is 2.39 bits per heavy atom. The van der Waals surface area contributed by atoms with Gasteiger partial charge in [0.05, 0.1) is 17.7 Å². The summed E-state index contributed by atoms with van der Waals surface area (Å²) in [4.78, 5) is 12.3. The van der Waals surface area contributed by atoms with E-state index in [-0.39, 0.29) is 11.5 Å². The van der Waals surface area contributed by atoms with Crippen molar-refractivity contribution in [2.24, 2.45) is 0 Å². The average Bonchev–Trinajstić information content (AvgIpc) is 2.49. The first kappa shape index (κ1) is 18.1. The number of carbonyl (C=O) groups is 1. The van der Waals surface area contributed by atoms with E-state index in [0.717, 1.165) is 17.8 Å². The van der Waals surface area contributed by atoms with Crippen LogP contribution in [0.15, 0.2) is 52.3 Å². The molecular weight excluding hydrogens is 440 g/mol. The number of esters is 1. The molecule has 2 aromatic carbocycles. The lowest BCUT2D eigenvalue weighted by molar-refractivity contribution is -0.139. The van der Waals surface area contributed by atoms with Crippen LogP contribution in [0.4, 0.5) is 13.2 Å². The zero-order chi connectivity index (χ0) is 17.0. The van der Waals surface area contributed by atoms with Gasteiger partial charge in [0, 0.05) is 13.4 Å². The molecule has 0 N–H and O–H groups in total. The number of carbonyl (C=O) groups excluding carboxylic acids is 1. The Labute approximate surface area is 149 Å². The number of hydrogen-bond acceptors (Lipinski definition) is 3. The minimum absolute atomic E-state index is 0.127. The molecular formula is C16H12F3IO2S. The van der Waals surface area contributed by atoms with E-state index in [2.05, 4.69) is 0 Å². The molecule has 0 amide bonds. The predicted molar refractivity (Wildman–Crippen MR) is 90.7 cm³/mol. The maximum Gasteiger partial charge on any atom is 0.417 e. The Kier molecular flexibility index (Phi) is 5.96. The molecule has 0 saturated carbocycles. The smallest absolute Gasteiger partial charge is 0.417 e. The third-order valence-electron chi connectivity index (χ3n) is 2.84. The maximum atomic E-state index is 13.1. The van der Waals surface area contributed by atoms with Gasteiger partial charge in [-0.05, 0) is 72.0 Å². The maximum absolute atomic E-state index is 13.1. The van der Waals surface area contributed by atoms with Crippen molar-refractivity contribution in [2.45, 2.75) is 22.9 Å². The largest absolute Gasteiger partial charge is 0.462 e. The van der Waals surface area contributed by atoms with E-state index in [1.807, 2.05) is 22.6 Å². The Morgan fingerprint density at radius 1 is 1.17 bits per heavy atom. The second-order valence-electron chi connectivity index (χ2n) is 4.49. The van der Waals surface area contributed by atoms with Gasteiger partial charge in [-0.15, -0.1) is 0 Å². The Bertz CT molecular complexity index is 699. The van der Waals surface area contributed by atoms with Gasteiger partial charge in [-0.3, -0.25) is 0 Å². The molecule has 122 valence electrons. The monoisotopic (exact) mass is 452 g/mol. The summed E-state index contributed by atoms with van der Waals surface area (Å²) in [5.41, 5.74) is -0.293. The van der Waals surface area contributed by atoms with Crippen molar-refractivity contribution in [3.8, 4) is 0 Å². The summed E-state index contributed by atoms with van der Waals surface area (Å²) in [6.07, 6.45) is -4.41. The summed E-state index contributed by atoms with van der Waals surface area (Å²) in [5.74, 6) is -0.450. The van der Waals surface area contributed by atoms with Crippen LogP contribution in [0.25, 0.3) is 0 Å². The van der Waals surface area contributed by atoms with Crippen molar-refractivity contribution in [2.75, 3.05) is 6.61 Å². The second-order valence-corrected chi connectivity index (χ2v) is 6.85. The third-order valence-corrected chi connectivity index (χ3v) is 4.60. The summed E-state index contributed by atoms with van der Waals surface area (Å²) in [6, 6.07) is 10.5. The van der Waals surface area contributed by atoms with Crippen molar-refractivity contribution in [3.05, 3.63) is 57.2 Å². The molecule has 0 saturated heterocycles. The van der Waals surface area contributed by atoms with Crippen LogP contribution in [0.2, 0.25) is 0 Å². The van der Waals surface area contributed by atoms with Crippen molar-refractivity contribution >= 4 is 40.3 Å². The highest BCUT2D eigenvalue weighted by Gasteiger charge is 2.33. The van der Waals surface area contributed by atoms with Crippen LogP contribution in [-0.4, -0.2) is 12.6 Å². The van der Waals surface area contributed by atoms with Crippen LogP contribution >= 0.6 is 34.4 Å². The van der Waals surface area contributed by atoms with Gasteiger partial charge >= 0.3 is 12.1 Å². The quantitative estimate of drug-likeness (QED) is 0.444. The number of hydrogen-bond donors (Lipinski definition) is 0. The summed E-state index contributed by atoms with van der Waals surface area (Å²) in [7, 11) is 0. The van der Waals surface area contributed by atoms with E-state index in [4.69, 9.17) is 4.74 Å².